The van der Waals surface area contributed by atoms with E-state index in [9.17, 15) is 14.5 Å². The molecule has 1 aromatic rings. The number of nitrogens with zero attached hydrogens (tertiary/aromatic N) is 1. The van der Waals surface area contributed by atoms with Crippen molar-refractivity contribution in [2.24, 2.45) is 0 Å². The van der Waals surface area contributed by atoms with E-state index in [-0.39, 0.29) is 17.0 Å². The normalized spacial score (nSPS) is 11.3. The molecule has 0 aromatic heterocycles. The first-order valence-electron chi connectivity index (χ1n) is 5.59. The molecule has 0 fully saturated rings. The molecule has 0 saturated carbocycles. The molecule has 0 bridgehead atoms. The molecule has 0 saturated heterocycles. The Balaban J connectivity index is 2.72. The van der Waals surface area contributed by atoms with Crippen LogP contribution in [0.3, 0.4) is 0 Å². The molecular weight excluding hydrogens is 239 g/mol. The lowest BCUT2D eigenvalue weighted by Crippen LogP contribution is -2.25. The zero-order valence-electron chi connectivity index (χ0n) is 10.7. The number of nitrogens with one attached hydrogen (secondary N) is 1. The molecule has 0 atom stereocenters. The lowest BCUT2D eigenvalue weighted by molar-refractivity contribution is -0.384. The largest absolute Gasteiger partial charge is 0.379 e. The quantitative estimate of drug-likeness (QED) is 0.627. The average molecular weight is 256 g/mol. The van der Waals surface area contributed by atoms with Gasteiger partial charge in [-0.1, -0.05) is 0 Å². The van der Waals surface area contributed by atoms with E-state index in [1.54, 1.807) is 7.11 Å². The monoisotopic (exact) mass is 256 g/mol. The molecule has 100 valence electrons. The Bertz CT molecular complexity index is 435. The number of hydrogen-bond donors (Lipinski definition) is 1. The van der Waals surface area contributed by atoms with Crippen LogP contribution >= 0.6 is 0 Å². The standard InChI is InChI=1S/C12H17FN2O3/c1-12(2,18-3)6-7-14-10-8-9(13)4-5-11(10)15(16)17/h4-5,8,14H,6-7H2,1-3H3. The number of halogens is 1. The predicted octanol–water partition coefficient (Wildman–Crippen LogP) is 2.96. The Kier molecular flexibility index (Phi) is 4.61. The number of nitro groups is 1. The van der Waals surface area contributed by atoms with E-state index < -0.39 is 10.7 Å². The fourth-order valence-corrected chi connectivity index (χ4v) is 1.41. The Morgan fingerprint density at radius 3 is 2.72 bits per heavy atom. The van der Waals surface area contributed by atoms with Gasteiger partial charge in [-0.15, -0.1) is 0 Å². The first-order chi connectivity index (χ1) is 8.35. The van der Waals surface area contributed by atoms with Crippen molar-refractivity contribution in [3.05, 3.63) is 34.1 Å². The Morgan fingerprint density at radius 2 is 2.17 bits per heavy atom. The molecule has 0 radical (unpaired) electrons. The van der Waals surface area contributed by atoms with Crippen LogP contribution in [0.4, 0.5) is 15.8 Å². The summed E-state index contributed by atoms with van der Waals surface area (Å²) < 4.78 is 18.3. The van der Waals surface area contributed by atoms with Gasteiger partial charge in [0.15, 0.2) is 0 Å². The van der Waals surface area contributed by atoms with Crippen molar-refractivity contribution in [1.29, 1.82) is 0 Å². The van der Waals surface area contributed by atoms with Crippen molar-refractivity contribution in [3.8, 4) is 0 Å². The summed E-state index contributed by atoms with van der Waals surface area (Å²) in [4.78, 5) is 10.2. The van der Waals surface area contributed by atoms with E-state index in [0.29, 0.717) is 13.0 Å². The number of benzene rings is 1. The van der Waals surface area contributed by atoms with Crippen LogP contribution in [0.15, 0.2) is 18.2 Å². The summed E-state index contributed by atoms with van der Waals surface area (Å²) in [5.41, 5.74) is -0.270. The zero-order chi connectivity index (χ0) is 13.8. The maximum atomic E-state index is 13.1. The number of nitro benzene ring substituents is 1. The second-order valence-electron chi connectivity index (χ2n) is 4.56. The minimum absolute atomic E-state index is 0.133. The van der Waals surface area contributed by atoms with Gasteiger partial charge in [-0.3, -0.25) is 10.1 Å². The smallest absolute Gasteiger partial charge is 0.292 e. The summed E-state index contributed by atoms with van der Waals surface area (Å²) in [6.07, 6.45) is 0.650. The van der Waals surface area contributed by atoms with E-state index in [1.807, 2.05) is 13.8 Å². The fraction of sp³-hybridized carbons (Fsp3) is 0.500. The van der Waals surface area contributed by atoms with E-state index >= 15 is 0 Å². The number of anilines is 1. The second kappa shape index (κ2) is 5.77. The molecule has 0 aliphatic rings. The van der Waals surface area contributed by atoms with E-state index in [4.69, 9.17) is 4.74 Å². The van der Waals surface area contributed by atoms with Gasteiger partial charge in [0.05, 0.1) is 10.5 Å². The van der Waals surface area contributed by atoms with Gasteiger partial charge in [-0.2, -0.15) is 0 Å². The van der Waals surface area contributed by atoms with Crippen molar-refractivity contribution < 1.29 is 14.1 Å². The molecule has 1 rings (SSSR count). The molecule has 0 spiro atoms. The lowest BCUT2D eigenvalue weighted by Gasteiger charge is -2.22. The van der Waals surface area contributed by atoms with Crippen molar-refractivity contribution in [1.82, 2.24) is 0 Å². The van der Waals surface area contributed by atoms with Crippen molar-refractivity contribution in [2.75, 3.05) is 19.0 Å². The fourth-order valence-electron chi connectivity index (χ4n) is 1.41. The number of hydrogen-bond acceptors (Lipinski definition) is 4. The summed E-state index contributed by atoms with van der Waals surface area (Å²) in [5.74, 6) is -0.505. The lowest BCUT2D eigenvalue weighted by atomic mass is 10.1. The van der Waals surface area contributed by atoms with Gasteiger partial charge in [0.2, 0.25) is 0 Å². The van der Waals surface area contributed by atoms with Crippen LogP contribution in [0.1, 0.15) is 20.3 Å². The minimum atomic E-state index is -0.538. The molecule has 0 aliphatic carbocycles. The summed E-state index contributed by atoms with van der Waals surface area (Å²) in [5, 5.41) is 13.6. The van der Waals surface area contributed by atoms with Crippen LogP contribution in [0.5, 0.6) is 0 Å². The minimum Gasteiger partial charge on any atom is -0.379 e. The molecule has 5 nitrogen and oxygen atoms in total. The molecule has 0 unspecified atom stereocenters. The topological polar surface area (TPSA) is 64.4 Å². The van der Waals surface area contributed by atoms with Crippen LogP contribution in [0.2, 0.25) is 0 Å². The third kappa shape index (κ3) is 3.96. The van der Waals surface area contributed by atoms with Gasteiger partial charge in [0, 0.05) is 25.8 Å². The average Bonchev–Trinajstić information content (AvgIpc) is 2.28. The van der Waals surface area contributed by atoms with E-state index in [0.717, 1.165) is 18.2 Å². The van der Waals surface area contributed by atoms with Crippen molar-refractivity contribution in [2.45, 2.75) is 25.9 Å². The number of methoxy groups -OCH3 is 1. The summed E-state index contributed by atoms with van der Waals surface area (Å²) in [7, 11) is 1.60. The van der Waals surface area contributed by atoms with Gasteiger partial charge in [0.25, 0.3) is 5.69 Å². The highest BCUT2D eigenvalue weighted by molar-refractivity contribution is 5.61. The third-order valence-electron chi connectivity index (χ3n) is 2.75. The van der Waals surface area contributed by atoms with Crippen LogP contribution in [0, 0.1) is 15.9 Å². The number of ether oxygens (including phenoxy) is 1. The summed E-state index contributed by atoms with van der Waals surface area (Å²) in [6, 6.07) is 3.35. The molecule has 1 N–H and O–H groups in total. The molecule has 6 heteroatoms. The zero-order valence-corrected chi connectivity index (χ0v) is 10.7. The maximum absolute atomic E-state index is 13.1. The molecule has 1 aromatic carbocycles. The van der Waals surface area contributed by atoms with Gasteiger partial charge in [-0.05, 0) is 26.3 Å². The molecule has 0 aliphatic heterocycles. The Labute approximate surface area is 105 Å². The first-order valence-corrected chi connectivity index (χ1v) is 5.59. The van der Waals surface area contributed by atoms with Gasteiger partial charge in [-0.25, -0.2) is 4.39 Å². The third-order valence-corrected chi connectivity index (χ3v) is 2.75. The van der Waals surface area contributed by atoms with Gasteiger partial charge in [0.1, 0.15) is 11.5 Å². The van der Waals surface area contributed by atoms with E-state index in [1.165, 1.54) is 0 Å². The van der Waals surface area contributed by atoms with Crippen LogP contribution in [-0.4, -0.2) is 24.2 Å². The Morgan fingerprint density at radius 1 is 1.50 bits per heavy atom. The summed E-state index contributed by atoms with van der Waals surface area (Å²) >= 11 is 0. The predicted molar refractivity (Wildman–Crippen MR) is 67.2 cm³/mol. The summed E-state index contributed by atoms with van der Waals surface area (Å²) in [6.45, 7) is 4.29. The highest BCUT2D eigenvalue weighted by atomic mass is 19.1. The van der Waals surface area contributed by atoms with Crippen molar-refractivity contribution >= 4 is 11.4 Å². The highest BCUT2D eigenvalue weighted by Crippen LogP contribution is 2.25. The SMILES string of the molecule is COC(C)(C)CCNc1cc(F)ccc1[N+](=O)[O-]. The van der Waals surface area contributed by atoms with Crippen LogP contribution < -0.4 is 5.32 Å². The van der Waals surface area contributed by atoms with Gasteiger partial charge < -0.3 is 10.1 Å². The second-order valence-corrected chi connectivity index (χ2v) is 4.56. The maximum Gasteiger partial charge on any atom is 0.292 e. The molecule has 0 amide bonds. The van der Waals surface area contributed by atoms with Crippen molar-refractivity contribution in [3.63, 3.8) is 0 Å². The van der Waals surface area contributed by atoms with Crippen LogP contribution in [0.25, 0.3) is 0 Å². The molecular formula is C12H17FN2O3. The van der Waals surface area contributed by atoms with Crippen LogP contribution in [-0.2, 0) is 4.74 Å². The molecule has 0 heterocycles. The first kappa shape index (κ1) is 14.4. The Hall–Kier alpha value is -1.69. The molecule has 18 heavy (non-hydrogen) atoms. The highest BCUT2D eigenvalue weighted by Gasteiger charge is 2.18. The number of rotatable bonds is 6. The van der Waals surface area contributed by atoms with Gasteiger partial charge >= 0.3 is 0 Å². The van der Waals surface area contributed by atoms with E-state index in [2.05, 4.69) is 5.32 Å².